The van der Waals surface area contributed by atoms with E-state index in [1.807, 2.05) is 0 Å². The van der Waals surface area contributed by atoms with Crippen LogP contribution >= 0.6 is 0 Å². The number of ether oxygens (including phenoxy) is 2. The molecule has 1 heterocycles. The van der Waals surface area contributed by atoms with Crippen LogP contribution in [0.2, 0.25) is 0 Å². The Morgan fingerprint density at radius 2 is 1.92 bits per heavy atom. The third kappa shape index (κ3) is 4.60. The van der Waals surface area contributed by atoms with Crippen LogP contribution in [-0.4, -0.2) is 44.5 Å². The van der Waals surface area contributed by atoms with Gasteiger partial charge in [0.05, 0.1) is 13.2 Å². The molecule has 0 atom stereocenters. The van der Waals surface area contributed by atoms with Gasteiger partial charge in [-0.1, -0.05) is 6.92 Å². The second-order valence-electron chi connectivity index (χ2n) is 3.62. The van der Waals surface area contributed by atoms with Crippen molar-refractivity contribution in [2.24, 2.45) is 0 Å². The van der Waals surface area contributed by atoms with Crippen LogP contribution in [0.5, 0.6) is 0 Å². The summed E-state index contributed by atoms with van der Waals surface area (Å²) in [6.07, 6.45) is 3.30. The molecule has 0 amide bonds. The highest BCUT2D eigenvalue weighted by molar-refractivity contribution is 4.56. The van der Waals surface area contributed by atoms with Crippen LogP contribution in [0, 0.1) is 0 Å². The molecule has 1 aliphatic rings. The van der Waals surface area contributed by atoms with Gasteiger partial charge in [0.25, 0.3) is 0 Å². The van der Waals surface area contributed by atoms with E-state index < -0.39 is 0 Å². The zero-order valence-electron chi connectivity index (χ0n) is 8.79. The van der Waals surface area contributed by atoms with Gasteiger partial charge in [0.2, 0.25) is 0 Å². The maximum atomic E-state index is 5.46. The molecule has 0 aliphatic carbocycles. The van der Waals surface area contributed by atoms with E-state index in [-0.39, 0.29) is 6.29 Å². The van der Waals surface area contributed by atoms with E-state index in [1.165, 1.54) is 6.42 Å². The van der Waals surface area contributed by atoms with Gasteiger partial charge in [-0.15, -0.1) is 0 Å². The Morgan fingerprint density at radius 1 is 1.23 bits per heavy atom. The Morgan fingerprint density at radius 3 is 2.54 bits per heavy atom. The molecule has 0 saturated carbocycles. The third-order valence-corrected chi connectivity index (χ3v) is 2.25. The first-order valence-electron chi connectivity index (χ1n) is 5.24. The molecular formula is C10H21NO2. The number of nitrogens with zero attached hydrogens (tertiary/aromatic N) is 1. The molecule has 3 nitrogen and oxygen atoms in total. The molecule has 1 rings (SSSR count). The van der Waals surface area contributed by atoms with Gasteiger partial charge in [-0.3, -0.25) is 0 Å². The Labute approximate surface area is 81.0 Å². The van der Waals surface area contributed by atoms with Gasteiger partial charge in [-0.05, 0) is 26.4 Å². The van der Waals surface area contributed by atoms with Gasteiger partial charge in [-0.2, -0.15) is 0 Å². The maximum absolute atomic E-state index is 5.46. The van der Waals surface area contributed by atoms with Crippen LogP contribution in [0.4, 0.5) is 0 Å². The largest absolute Gasteiger partial charge is 0.353 e. The van der Waals surface area contributed by atoms with Gasteiger partial charge in [0.1, 0.15) is 0 Å². The van der Waals surface area contributed by atoms with E-state index in [0.717, 1.165) is 39.1 Å². The molecule has 1 fully saturated rings. The Bertz CT molecular complexity index is 124. The predicted octanol–water partition coefficient (Wildman–Crippen LogP) is 1.48. The number of hydrogen-bond donors (Lipinski definition) is 0. The molecule has 0 aromatic rings. The van der Waals surface area contributed by atoms with Crippen LogP contribution < -0.4 is 0 Å². The highest BCUT2D eigenvalue weighted by atomic mass is 16.7. The summed E-state index contributed by atoms with van der Waals surface area (Å²) in [7, 11) is 2.15. The lowest BCUT2D eigenvalue weighted by Crippen LogP contribution is -2.30. The van der Waals surface area contributed by atoms with Crippen molar-refractivity contribution in [1.29, 1.82) is 0 Å². The molecule has 0 spiro atoms. The Hall–Kier alpha value is -0.120. The highest BCUT2D eigenvalue weighted by Crippen LogP contribution is 2.08. The molecule has 1 saturated heterocycles. The van der Waals surface area contributed by atoms with Crippen LogP contribution in [-0.2, 0) is 9.47 Å². The predicted molar refractivity (Wildman–Crippen MR) is 52.7 cm³/mol. The molecule has 0 radical (unpaired) electrons. The lowest BCUT2D eigenvalue weighted by Gasteiger charge is -2.25. The van der Waals surface area contributed by atoms with Crippen molar-refractivity contribution in [1.82, 2.24) is 4.90 Å². The van der Waals surface area contributed by atoms with Crippen LogP contribution in [0.1, 0.15) is 26.2 Å². The van der Waals surface area contributed by atoms with E-state index in [0.29, 0.717) is 0 Å². The minimum absolute atomic E-state index is 0.0491. The average molecular weight is 187 g/mol. The first-order valence-corrected chi connectivity index (χ1v) is 5.24. The Balaban J connectivity index is 2.03. The van der Waals surface area contributed by atoms with Crippen molar-refractivity contribution in [3.8, 4) is 0 Å². The average Bonchev–Trinajstić information content (AvgIpc) is 2.17. The first kappa shape index (κ1) is 11.0. The second kappa shape index (κ2) is 6.35. The smallest absolute Gasteiger partial charge is 0.158 e. The fourth-order valence-electron chi connectivity index (χ4n) is 1.52. The van der Waals surface area contributed by atoms with Crippen molar-refractivity contribution >= 4 is 0 Å². The normalized spacial score (nSPS) is 19.6. The van der Waals surface area contributed by atoms with Crippen LogP contribution in [0.3, 0.4) is 0 Å². The molecule has 0 N–H and O–H groups in total. The summed E-state index contributed by atoms with van der Waals surface area (Å²) < 4.78 is 10.9. The van der Waals surface area contributed by atoms with Gasteiger partial charge in [0.15, 0.2) is 6.29 Å². The quantitative estimate of drug-likeness (QED) is 0.650. The van der Waals surface area contributed by atoms with Gasteiger partial charge < -0.3 is 14.4 Å². The molecule has 0 aromatic carbocycles. The van der Waals surface area contributed by atoms with E-state index >= 15 is 0 Å². The Kier molecular flexibility index (Phi) is 5.35. The SMILES string of the molecule is CCCN(C)CCC1OCCCO1. The molecule has 3 heteroatoms. The zero-order valence-corrected chi connectivity index (χ0v) is 8.79. The van der Waals surface area contributed by atoms with E-state index in [2.05, 4.69) is 18.9 Å². The summed E-state index contributed by atoms with van der Waals surface area (Å²) in [4.78, 5) is 2.32. The minimum atomic E-state index is 0.0491. The third-order valence-electron chi connectivity index (χ3n) is 2.25. The molecule has 0 unspecified atom stereocenters. The van der Waals surface area contributed by atoms with Crippen molar-refractivity contribution in [3.05, 3.63) is 0 Å². The number of hydrogen-bond acceptors (Lipinski definition) is 3. The van der Waals surface area contributed by atoms with E-state index in [1.54, 1.807) is 0 Å². The van der Waals surface area contributed by atoms with Crippen molar-refractivity contribution in [3.63, 3.8) is 0 Å². The summed E-state index contributed by atoms with van der Waals surface area (Å²) >= 11 is 0. The molecule has 1 aliphatic heterocycles. The van der Waals surface area contributed by atoms with Crippen LogP contribution in [0.25, 0.3) is 0 Å². The van der Waals surface area contributed by atoms with Crippen LogP contribution in [0.15, 0.2) is 0 Å². The molecule has 13 heavy (non-hydrogen) atoms. The van der Waals surface area contributed by atoms with Crippen molar-refractivity contribution in [2.75, 3.05) is 33.4 Å². The molecule has 0 bridgehead atoms. The fourth-order valence-corrected chi connectivity index (χ4v) is 1.52. The maximum Gasteiger partial charge on any atom is 0.158 e. The van der Waals surface area contributed by atoms with E-state index in [9.17, 15) is 0 Å². The minimum Gasteiger partial charge on any atom is -0.353 e. The first-order chi connectivity index (χ1) is 6.33. The molecular weight excluding hydrogens is 166 g/mol. The van der Waals surface area contributed by atoms with Crippen molar-refractivity contribution in [2.45, 2.75) is 32.5 Å². The highest BCUT2D eigenvalue weighted by Gasteiger charge is 2.14. The number of rotatable bonds is 5. The fraction of sp³-hybridized carbons (Fsp3) is 1.00. The summed E-state index contributed by atoms with van der Waals surface area (Å²) in [6, 6.07) is 0. The standard InChI is InChI=1S/C10H21NO2/c1-3-6-11(2)7-5-10-12-8-4-9-13-10/h10H,3-9H2,1-2H3. The molecule has 0 aromatic heterocycles. The zero-order chi connectivity index (χ0) is 9.52. The summed E-state index contributed by atoms with van der Waals surface area (Å²) in [5.41, 5.74) is 0. The van der Waals surface area contributed by atoms with Gasteiger partial charge >= 0.3 is 0 Å². The summed E-state index contributed by atoms with van der Waals surface area (Å²) in [5, 5.41) is 0. The van der Waals surface area contributed by atoms with E-state index in [4.69, 9.17) is 9.47 Å². The lowest BCUT2D eigenvalue weighted by molar-refractivity contribution is -0.182. The van der Waals surface area contributed by atoms with Crippen molar-refractivity contribution < 1.29 is 9.47 Å². The lowest BCUT2D eigenvalue weighted by atomic mass is 10.3. The van der Waals surface area contributed by atoms with Gasteiger partial charge in [-0.25, -0.2) is 0 Å². The summed E-state index contributed by atoms with van der Waals surface area (Å²) in [5.74, 6) is 0. The van der Waals surface area contributed by atoms with Gasteiger partial charge in [0, 0.05) is 13.0 Å². The second-order valence-corrected chi connectivity index (χ2v) is 3.62. The summed E-state index contributed by atoms with van der Waals surface area (Å²) in [6.45, 7) is 6.15. The molecule has 78 valence electrons. The monoisotopic (exact) mass is 187 g/mol. The topological polar surface area (TPSA) is 21.7 Å².